The number of piperidine rings is 1. The van der Waals surface area contributed by atoms with Crippen LogP contribution >= 0.6 is 0 Å². The minimum atomic E-state index is -3.82. The van der Waals surface area contributed by atoms with Gasteiger partial charge in [0.1, 0.15) is 10.7 Å². The van der Waals surface area contributed by atoms with Gasteiger partial charge in [-0.3, -0.25) is 4.90 Å². The monoisotopic (exact) mass is 316 g/mol. The summed E-state index contributed by atoms with van der Waals surface area (Å²) >= 11 is 0. The summed E-state index contributed by atoms with van der Waals surface area (Å²) in [5, 5.41) is 0. The molecule has 1 unspecified atom stereocenters. The van der Waals surface area contributed by atoms with Crippen molar-refractivity contribution in [1.82, 2.24) is 9.62 Å². The van der Waals surface area contributed by atoms with Crippen LogP contribution in [0.15, 0.2) is 29.2 Å². The second kappa shape index (κ2) is 7.31. The van der Waals surface area contributed by atoms with Crippen LogP contribution in [0.1, 0.15) is 12.8 Å². The quantitative estimate of drug-likeness (QED) is 0.857. The maximum atomic E-state index is 13.6. The molecule has 1 fully saturated rings. The van der Waals surface area contributed by atoms with Gasteiger partial charge >= 0.3 is 0 Å². The minimum Gasteiger partial charge on any atom is -0.383 e. The SMILES string of the molecule is COCCN1CCCC(NS(=O)(=O)c2ccccc2F)C1. The van der Waals surface area contributed by atoms with E-state index in [4.69, 9.17) is 4.74 Å². The van der Waals surface area contributed by atoms with E-state index in [9.17, 15) is 12.8 Å². The Morgan fingerprint density at radius 2 is 2.19 bits per heavy atom. The molecular formula is C14H21FN2O3S. The van der Waals surface area contributed by atoms with Crippen LogP contribution in [0, 0.1) is 5.82 Å². The molecule has 2 rings (SSSR count). The molecule has 7 heteroatoms. The van der Waals surface area contributed by atoms with Crippen LogP contribution in [0.2, 0.25) is 0 Å². The van der Waals surface area contributed by atoms with Crippen molar-refractivity contribution in [3.05, 3.63) is 30.1 Å². The highest BCUT2D eigenvalue weighted by Gasteiger charge is 2.26. The molecule has 5 nitrogen and oxygen atoms in total. The predicted molar refractivity (Wildman–Crippen MR) is 78.1 cm³/mol. The lowest BCUT2D eigenvalue weighted by atomic mass is 10.1. The van der Waals surface area contributed by atoms with Crippen LogP contribution in [0.3, 0.4) is 0 Å². The Labute approximate surface area is 125 Å². The van der Waals surface area contributed by atoms with Crippen molar-refractivity contribution in [2.75, 3.05) is 33.4 Å². The number of ether oxygens (including phenoxy) is 1. The molecule has 0 aliphatic carbocycles. The zero-order valence-corrected chi connectivity index (χ0v) is 12.9. The van der Waals surface area contributed by atoms with Crippen molar-refractivity contribution in [2.24, 2.45) is 0 Å². The molecule has 1 saturated heterocycles. The molecule has 0 aromatic heterocycles. The summed E-state index contributed by atoms with van der Waals surface area (Å²) < 4.78 is 45.8. The molecular weight excluding hydrogens is 295 g/mol. The van der Waals surface area contributed by atoms with Crippen molar-refractivity contribution in [3.8, 4) is 0 Å². The van der Waals surface area contributed by atoms with Crippen LogP contribution in [0.25, 0.3) is 0 Å². The van der Waals surface area contributed by atoms with Gasteiger partial charge in [0, 0.05) is 26.2 Å². The number of rotatable bonds is 6. The van der Waals surface area contributed by atoms with Crippen molar-refractivity contribution in [1.29, 1.82) is 0 Å². The van der Waals surface area contributed by atoms with Crippen molar-refractivity contribution < 1.29 is 17.5 Å². The molecule has 0 radical (unpaired) electrons. The second-order valence-electron chi connectivity index (χ2n) is 5.18. The van der Waals surface area contributed by atoms with Gasteiger partial charge in [0.15, 0.2) is 0 Å². The Bertz CT molecular complexity index is 565. The van der Waals surface area contributed by atoms with E-state index in [0.717, 1.165) is 32.0 Å². The molecule has 1 aromatic rings. The van der Waals surface area contributed by atoms with Crippen LogP contribution in [-0.2, 0) is 14.8 Å². The summed E-state index contributed by atoms with van der Waals surface area (Å²) in [6, 6.07) is 5.23. The van der Waals surface area contributed by atoms with Gasteiger partial charge in [-0.05, 0) is 31.5 Å². The van der Waals surface area contributed by atoms with Gasteiger partial charge in [0.05, 0.1) is 6.61 Å². The first kappa shape index (κ1) is 16.4. The van der Waals surface area contributed by atoms with Gasteiger partial charge in [-0.2, -0.15) is 0 Å². The third-order valence-corrected chi connectivity index (χ3v) is 5.12. The number of methoxy groups -OCH3 is 1. The number of hydrogen-bond acceptors (Lipinski definition) is 4. The maximum Gasteiger partial charge on any atom is 0.243 e. The smallest absolute Gasteiger partial charge is 0.243 e. The Morgan fingerprint density at radius 1 is 1.43 bits per heavy atom. The van der Waals surface area contributed by atoms with E-state index in [1.807, 2.05) is 0 Å². The van der Waals surface area contributed by atoms with E-state index >= 15 is 0 Å². The molecule has 0 saturated carbocycles. The topological polar surface area (TPSA) is 58.6 Å². The van der Waals surface area contributed by atoms with Crippen LogP contribution in [0.5, 0.6) is 0 Å². The molecule has 21 heavy (non-hydrogen) atoms. The predicted octanol–water partition coefficient (Wildman–Crippen LogP) is 1.21. The fourth-order valence-corrected chi connectivity index (χ4v) is 3.86. The van der Waals surface area contributed by atoms with E-state index < -0.39 is 15.8 Å². The van der Waals surface area contributed by atoms with E-state index in [1.165, 1.54) is 18.2 Å². The van der Waals surface area contributed by atoms with Gasteiger partial charge < -0.3 is 4.74 Å². The summed E-state index contributed by atoms with van der Waals surface area (Å²) in [6.07, 6.45) is 1.67. The van der Waals surface area contributed by atoms with Gasteiger partial charge in [-0.1, -0.05) is 12.1 Å². The van der Waals surface area contributed by atoms with Crippen molar-refractivity contribution in [3.63, 3.8) is 0 Å². The summed E-state index contributed by atoms with van der Waals surface area (Å²) in [5.41, 5.74) is 0. The molecule has 1 atom stereocenters. The van der Waals surface area contributed by atoms with E-state index in [0.29, 0.717) is 13.2 Å². The number of sulfonamides is 1. The van der Waals surface area contributed by atoms with Crippen molar-refractivity contribution >= 4 is 10.0 Å². The Balaban J connectivity index is 2.01. The van der Waals surface area contributed by atoms with E-state index in [1.54, 1.807) is 7.11 Å². The van der Waals surface area contributed by atoms with Crippen LogP contribution in [-0.4, -0.2) is 52.7 Å². The number of likely N-dealkylation sites (tertiary alicyclic amines) is 1. The Kier molecular flexibility index (Phi) is 5.69. The summed E-state index contributed by atoms with van der Waals surface area (Å²) in [4.78, 5) is 1.86. The lowest BCUT2D eigenvalue weighted by molar-refractivity contribution is 0.126. The molecule has 0 bridgehead atoms. The number of nitrogens with zero attached hydrogens (tertiary/aromatic N) is 1. The summed E-state index contributed by atoms with van der Waals surface area (Å²) in [6.45, 7) is 2.94. The number of benzene rings is 1. The average Bonchev–Trinajstić information content (AvgIpc) is 2.45. The molecule has 1 heterocycles. The van der Waals surface area contributed by atoms with Crippen LogP contribution in [0.4, 0.5) is 4.39 Å². The zero-order valence-electron chi connectivity index (χ0n) is 12.1. The number of nitrogens with one attached hydrogen (secondary N) is 1. The summed E-state index contributed by atoms with van der Waals surface area (Å²) in [7, 11) is -2.18. The summed E-state index contributed by atoms with van der Waals surface area (Å²) in [5.74, 6) is -0.725. The molecule has 0 spiro atoms. The fourth-order valence-electron chi connectivity index (χ4n) is 2.52. The van der Waals surface area contributed by atoms with Gasteiger partial charge in [-0.15, -0.1) is 0 Å². The van der Waals surface area contributed by atoms with Gasteiger partial charge in [-0.25, -0.2) is 17.5 Å². The first-order valence-electron chi connectivity index (χ1n) is 7.01. The lowest BCUT2D eigenvalue weighted by Gasteiger charge is -2.32. The van der Waals surface area contributed by atoms with Gasteiger partial charge in [0.2, 0.25) is 10.0 Å². The first-order chi connectivity index (χ1) is 10.0. The largest absolute Gasteiger partial charge is 0.383 e. The normalized spacial score (nSPS) is 20.6. The molecule has 0 amide bonds. The highest BCUT2D eigenvalue weighted by atomic mass is 32.2. The lowest BCUT2D eigenvalue weighted by Crippen LogP contribution is -2.48. The highest BCUT2D eigenvalue weighted by Crippen LogP contribution is 2.16. The third-order valence-electron chi connectivity index (χ3n) is 3.57. The van der Waals surface area contributed by atoms with Crippen LogP contribution < -0.4 is 4.72 Å². The molecule has 118 valence electrons. The highest BCUT2D eigenvalue weighted by molar-refractivity contribution is 7.89. The second-order valence-corrected chi connectivity index (χ2v) is 6.87. The Morgan fingerprint density at radius 3 is 2.90 bits per heavy atom. The van der Waals surface area contributed by atoms with Gasteiger partial charge in [0.25, 0.3) is 0 Å². The average molecular weight is 316 g/mol. The zero-order chi connectivity index (χ0) is 15.3. The molecule has 1 aliphatic heterocycles. The number of hydrogen-bond donors (Lipinski definition) is 1. The van der Waals surface area contributed by atoms with Crippen molar-refractivity contribution in [2.45, 2.75) is 23.8 Å². The van der Waals surface area contributed by atoms with E-state index in [-0.39, 0.29) is 10.9 Å². The third kappa shape index (κ3) is 4.47. The van der Waals surface area contributed by atoms with E-state index in [2.05, 4.69) is 9.62 Å². The standard InChI is InChI=1S/C14H21FN2O3S/c1-20-10-9-17-8-4-5-12(11-17)16-21(18,19)14-7-3-2-6-13(14)15/h2-3,6-7,12,16H,4-5,8-11H2,1H3. The molecule has 1 aliphatic rings. The maximum absolute atomic E-state index is 13.6. The Hall–Kier alpha value is -1.02. The first-order valence-corrected chi connectivity index (χ1v) is 8.49. The number of halogens is 1. The fraction of sp³-hybridized carbons (Fsp3) is 0.571. The minimum absolute atomic E-state index is 0.194. The molecule has 1 aromatic carbocycles. The molecule has 1 N–H and O–H groups in total.